The SMILES string of the molecule is Brc1ccc(-c2nc3ccccc3s2)cc1.CC. The predicted octanol–water partition coefficient (Wildman–Crippen LogP) is 5.75. The molecule has 0 aliphatic carbocycles. The average molecular weight is 320 g/mol. The van der Waals surface area contributed by atoms with Crippen LogP contribution >= 0.6 is 27.3 Å². The molecule has 0 bridgehead atoms. The molecule has 0 atom stereocenters. The van der Waals surface area contributed by atoms with Crippen molar-refractivity contribution in [1.29, 1.82) is 0 Å². The van der Waals surface area contributed by atoms with E-state index >= 15 is 0 Å². The van der Waals surface area contributed by atoms with E-state index in [1.165, 1.54) is 10.3 Å². The zero-order valence-electron chi connectivity index (χ0n) is 10.4. The van der Waals surface area contributed by atoms with Crippen LogP contribution in [-0.2, 0) is 0 Å². The monoisotopic (exact) mass is 319 g/mol. The van der Waals surface area contributed by atoms with Gasteiger partial charge in [0.25, 0.3) is 0 Å². The molecule has 92 valence electrons. The molecule has 1 nitrogen and oxygen atoms in total. The van der Waals surface area contributed by atoms with E-state index in [2.05, 4.69) is 39.1 Å². The summed E-state index contributed by atoms with van der Waals surface area (Å²) >= 11 is 5.17. The second-order valence-corrected chi connectivity index (χ2v) is 5.44. The van der Waals surface area contributed by atoms with Crippen molar-refractivity contribution >= 4 is 37.5 Å². The lowest BCUT2D eigenvalue weighted by Crippen LogP contribution is -1.74. The molecule has 0 saturated heterocycles. The van der Waals surface area contributed by atoms with Crippen LogP contribution in [0, 0.1) is 0 Å². The van der Waals surface area contributed by atoms with E-state index in [4.69, 9.17) is 0 Å². The highest BCUT2D eigenvalue weighted by Crippen LogP contribution is 2.30. The van der Waals surface area contributed by atoms with Crippen molar-refractivity contribution in [2.45, 2.75) is 13.8 Å². The van der Waals surface area contributed by atoms with Crippen molar-refractivity contribution in [2.24, 2.45) is 0 Å². The molecule has 0 N–H and O–H groups in total. The molecule has 3 rings (SSSR count). The first-order chi connectivity index (χ1) is 8.83. The Hall–Kier alpha value is -1.19. The highest BCUT2D eigenvalue weighted by Gasteiger charge is 2.04. The zero-order chi connectivity index (χ0) is 13.0. The standard InChI is InChI=1S/C13H8BrNS.C2H6/c14-10-7-5-9(6-8-10)13-15-11-3-1-2-4-12(11)16-13;1-2/h1-8H;1-2H3. The minimum Gasteiger partial charge on any atom is -0.236 e. The number of fused-ring (bicyclic) bond motifs is 1. The molecule has 1 heterocycles. The first kappa shape index (κ1) is 13.2. The van der Waals surface area contributed by atoms with Gasteiger partial charge in [-0.25, -0.2) is 4.98 Å². The van der Waals surface area contributed by atoms with Gasteiger partial charge < -0.3 is 0 Å². The van der Waals surface area contributed by atoms with Crippen LogP contribution in [-0.4, -0.2) is 4.98 Å². The van der Waals surface area contributed by atoms with Gasteiger partial charge in [0, 0.05) is 10.0 Å². The van der Waals surface area contributed by atoms with Crippen LogP contribution < -0.4 is 0 Å². The lowest BCUT2D eigenvalue weighted by atomic mass is 10.2. The fourth-order valence-corrected chi connectivity index (χ4v) is 2.82. The van der Waals surface area contributed by atoms with Gasteiger partial charge >= 0.3 is 0 Å². The maximum Gasteiger partial charge on any atom is 0.124 e. The third kappa shape index (κ3) is 2.79. The normalized spacial score (nSPS) is 9.94. The summed E-state index contributed by atoms with van der Waals surface area (Å²) in [5.74, 6) is 0. The molecule has 2 aromatic carbocycles. The predicted molar refractivity (Wildman–Crippen MR) is 84.1 cm³/mol. The summed E-state index contributed by atoms with van der Waals surface area (Å²) in [5.41, 5.74) is 2.25. The smallest absolute Gasteiger partial charge is 0.124 e. The number of para-hydroxylation sites is 1. The van der Waals surface area contributed by atoms with Gasteiger partial charge in [-0.3, -0.25) is 0 Å². The quantitative estimate of drug-likeness (QED) is 0.556. The van der Waals surface area contributed by atoms with Gasteiger partial charge in [0.2, 0.25) is 0 Å². The highest BCUT2D eigenvalue weighted by molar-refractivity contribution is 9.10. The molecule has 3 heteroatoms. The zero-order valence-corrected chi connectivity index (χ0v) is 12.8. The van der Waals surface area contributed by atoms with E-state index in [1.54, 1.807) is 11.3 Å². The van der Waals surface area contributed by atoms with Gasteiger partial charge in [0.15, 0.2) is 0 Å². The Morgan fingerprint density at radius 1 is 0.944 bits per heavy atom. The number of aromatic nitrogens is 1. The highest BCUT2D eigenvalue weighted by atomic mass is 79.9. The Balaban J connectivity index is 0.000000574. The molecular formula is C15H14BrNS. The maximum atomic E-state index is 4.62. The van der Waals surface area contributed by atoms with Gasteiger partial charge in [-0.05, 0) is 24.3 Å². The van der Waals surface area contributed by atoms with Crippen LogP contribution in [0.3, 0.4) is 0 Å². The minimum atomic E-state index is 1.07. The fraction of sp³-hybridized carbons (Fsp3) is 0.133. The number of hydrogen-bond donors (Lipinski definition) is 0. The van der Waals surface area contributed by atoms with Gasteiger partial charge in [-0.2, -0.15) is 0 Å². The van der Waals surface area contributed by atoms with E-state index in [0.717, 1.165) is 15.0 Å². The minimum absolute atomic E-state index is 1.07. The maximum absolute atomic E-state index is 4.62. The number of hydrogen-bond acceptors (Lipinski definition) is 2. The summed E-state index contributed by atoms with van der Waals surface area (Å²) in [6.07, 6.45) is 0. The molecule has 0 amide bonds. The molecule has 1 aromatic heterocycles. The van der Waals surface area contributed by atoms with Crippen LogP contribution in [0.2, 0.25) is 0 Å². The van der Waals surface area contributed by atoms with Crippen molar-refractivity contribution in [1.82, 2.24) is 4.98 Å². The van der Waals surface area contributed by atoms with E-state index in [-0.39, 0.29) is 0 Å². The lowest BCUT2D eigenvalue weighted by Gasteiger charge is -1.94. The second-order valence-electron chi connectivity index (χ2n) is 3.49. The van der Waals surface area contributed by atoms with Crippen molar-refractivity contribution in [3.8, 4) is 10.6 Å². The molecule has 0 fully saturated rings. The summed E-state index contributed by atoms with van der Waals surface area (Å²) in [5, 5.41) is 1.08. The first-order valence-electron chi connectivity index (χ1n) is 5.94. The van der Waals surface area contributed by atoms with Crippen molar-refractivity contribution in [3.63, 3.8) is 0 Å². The topological polar surface area (TPSA) is 12.9 Å². The third-order valence-corrected chi connectivity index (χ3v) is 4.00. The van der Waals surface area contributed by atoms with Crippen molar-refractivity contribution < 1.29 is 0 Å². The van der Waals surface area contributed by atoms with Crippen LogP contribution in [0.1, 0.15) is 13.8 Å². The number of halogens is 1. The molecule has 0 spiro atoms. The fourth-order valence-electron chi connectivity index (χ4n) is 1.59. The molecule has 0 saturated carbocycles. The molecule has 18 heavy (non-hydrogen) atoms. The lowest BCUT2D eigenvalue weighted by molar-refractivity contribution is 1.47. The number of thiazole rings is 1. The molecule has 0 aliphatic rings. The molecule has 0 radical (unpaired) electrons. The van der Waals surface area contributed by atoms with E-state index < -0.39 is 0 Å². The number of rotatable bonds is 1. The van der Waals surface area contributed by atoms with E-state index in [9.17, 15) is 0 Å². The first-order valence-corrected chi connectivity index (χ1v) is 7.55. The number of benzene rings is 2. The summed E-state index contributed by atoms with van der Waals surface area (Å²) < 4.78 is 2.33. The molecule has 3 aromatic rings. The summed E-state index contributed by atoms with van der Waals surface area (Å²) in [4.78, 5) is 4.62. The third-order valence-electron chi connectivity index (χ3n) is 2.39. The van der Waals surface area contributed by atoms with Crippen LogP contribution in [0.15, 0.2) is 53.0 Å². The summed E-state index contributed by atoms with van der Waals surface area (Å²) in [7, 11) is 0. The van der Waals surface area contributed by atoms with E-state index in [1.807, 2.05) is 44.2 Å². The van der Waals surface area contributed by atoms with Crippen molar-refractivity contribution in [3.05, 3.63) is 53.0 Å². The molecule has 0 aliphatic heterocycles. The van der Waals surface area contributed by atoms with Crippen molar-refractivity contribution in [2.75, 3.05) is 0 Å². The largest absolute Gasteiger partial charge is 0.236 e. The Kier molecular flexibility index (Phi) is 4.50. The van der Waals surface area contributed by atoms with Crippen LogP contribution in [0.5, 0.6) is 0 Å². The van der Waals surface area contributed by atoms with E-state index in [0.29, 0.717) is 0 Å². The Morgan fingerprint density at radius 2 is 1.61 bits per heavy atom. The molecule has 0 unspecified atom stereocenters. The van der Waals surface area contributed by atoms with Crippen LogP contribution in [0.4, 0.5) is 0 Å². The second kappa shape index (κ2) is 6.12. The molecular weight excluding hydrogens is 306 g/mol. The average Bonchev–Trinajstić information content (AvgIpc) is 2.85. The number of nitrogens with zero attached hydrogens (tertiary/aromatic N) is 1. The Morgan fingerprint density at radius 3 is 2.28 bits per heavy atom. The van der Waals surface area contributed by atoms with Gasteiger partial charge in [0.1, 0.15) is 5.01 Å². The summed E-state index contributed by atoms with van der Waals surface area (Å²) in [6, 6.07) is 16.5. The van der Waals surface area contributed by atoms with Crippen LogP contribution in [0.25, 0.3) is 20.8 Å². The van der Waals surface area contributed by atoms with Gasteiger partial charge in [0.05, 0.1) is 10.2 Å². The Bertz CT molecular complexity index is 595. The van der Waals surface area contributed by atoms with Gasteiger partial charge in [-0.1, -0.05) is 54.0 Å². The van der Waals surface area contributed by atoms with Gasteiger partial charge in [-0.15, -0.1) is 11.3 Å². The summed E-state index contributed by atoms with van der Waals surface area (Å²) in [6.45, 7) is 4.00. The Labute approximate surface area is 120 Å².